The molecule has 1 unspecified atom stereocenters. The minimum atomic E-state index is -1.56. The van der Waals surface area contributed by atoms with Crippen molar-refractivity contribution in [3.63, 3.8) is 0 Å². The van der Waals surface area contributed by atoms with E-state index in [1.165, 1.54) is 0 Å². The Morgan fingerprint density at radius 3 is 0.750 bits per heavy atom. The van der Waals surface area contributed by atoms with E-state index in [1.54, 1.807) is 0 Å². The number of terminal acetylenes is 1. The monoisotopic (exact) mass is 2470 g/mol. The van der Waals surface area contributed by atoms with Gasteiger partial charge in [-0.1, -0.05) is 245 Å². The molecule has 4 fully saturated rings. The fraction of sp³-hybridized carbons (Fsp3) is 0.958. The van der Waals surface area contributed by atoms with E-state index < -0.39 is 51.2 Å². The Morgan fingerprint density at radius 1 is 0.298 bits per heavy atom. The van der Waals surface area contributed by atoms with Crippen molar-refractivity contribution in [2.45, 2.75) is 458 Å². The van der Waals surface area contributed by atoms with E-state index in [2.05, 4.69) is 222 Å². The minimum absolute atomic E-state index is 0. The third-order valence-electron chi connectivity index (χ3n) is 20.6. The molecule has 4 heterocycles. The zero-order valence-corrected chi connectivity index (χ0v) is 95.3. The molecule has 0 aliphatic carbocycles. The Labute approximate surface area is 829 Å². The van der Waals surface area contributed by atoms with Crippen LogP contribution in [0.5, 0.6) is 0 Å². The van der Waals surface area contributed by atoms with Gasteiger partial charge in [0.05, 0.1) is 26.4 Å². The van der Waals surface area contributed by atoms with Crippen LogP contribution in [0.3, 0.4) is 0 Å². The van der Waals surface area contributed by atoms with Crippen LogP contribution >= 0.6 is 98.4 Å². The van der Waals surface area contributed by atoms with E-state index in [1.807, 2.05) is 0 Å². The molecular formula is C95H184FI6O21Si-. The molecule has 4 saturated heterocycles. The second-order valence-electron chi connectivity index (χ2n) is 33.0. The van der Waals surface area contributed by atoms with E-state index in [9.17, 15) is 9.50 Å². The maximum absolute atomic E-state index is 14.9. The Bertz CT molecular complexity index is 2270. The van der Waals surface area contributed by atoms with Crippen LogP contribution in [0.1, 0.15) is 316 Å². The van der Waals surface area contributed by atoms with Gasteiger partial charge >= 0.3 is 50.5 Å². The van der Waals surface area contributed by atoms with Crippen molar-refractivity contribution in [1.29, 1.82) is 0 Å². The molecule has 0 bridgehead atoms. The number of aliphatic hydroxyl groups is 1. The molecule has 0 amide bonds. The van der Waals surface area contributed by atoms with Crippen LogP contribution in [-0.4, -0.2) is 268 Å². The molecule has 21 nitrogen and oxygen atoms in total. The van der Waals surface area contributed by atoms with Gasteiger partial charge in [0.15, 0.2) is 6.29 Å². The summed E-state index contributed by atoms with van der Waals surface area (Å²) in [5.74, 6) is 6.23. The van der Waals surface area contributed by atoms with Crippen LogP contribution in [0.15, 0.2) is 0 Å². The van der Waals surface area contributed by atoms with Gasteiger partial charge in [-0.3, -0.25) is 0 Å². The summed E-state index contributed by atoms with van der Waals surface area (Å²) in [4.78, 5) is 0. The summed E-state index contributed by atoms with van der Waals surface area (Å²) in [6.07, 6.45) is 29.7. The van der Waals surface area contributed by atoms with Crippen LogP contribution < -0.4 is 13.3 Å². The molecule has 4 aliphatic rings. The Balaban J connectivity index is -0.00000154. The first-order valence-corrected chi connectivity index (χ1v) is 70.9. The average Bonchev–Trinajstić information content (AvgIpc) is 0.813. The van der Waals surface area contributed by atoms with Gasteiger partial charge in [-0.25, -0.2) is 4.39 Å². The van der Waals surface area contributed by atoms with E-state index in [-0.39, 0.29) is 103 Å². The van der Waals surface area contributed by atoms with Crippen molar-refractivity contribution in [1.82, 2.24) is 0 Å². The summed E-state index contributed by atoms with van der Waals surface area (Å²) >= 11 is 9.54. The molecule has 124 heavy (non-hydrogen) atoms. The van der Waals surface area contributed by atoms with Crippen LogP contribution in [0.25, 0.3) is 0 Å². The number of rotatable bonds is 68. The van der Waals surface area contributed by atoms with E-state index in [0.29, 0.717) is 132 Å². The average molecular weight is 2470 g/mol. The number of alkyl halides is 1. The first-order valence-electron chi connectivity index (χ1n) is 48.5. The fourth-order valence-corrected chi connectivity index (χ4v) is 13.7. The van der Waals surface area contributed by atoms with Crippen molar-refractivity contribution >= 4 is 107 Å². The third-order valence-corrected chi connectivity index (χ3v) is 21.5. The van der Waals surface area contributed by atoms with Gasteiger partial charge in [-0.15, -0.1) is 35.9 Å². The number of hydrogen-bond donors (Lipinski definition) is 1. The standard InChI is InChI=1S/C27H52O5Si.C24H44O5.C22H43FO5.C22H44O6.I3.I2.HI/c1-8-12-17-28-22-24-26(30-19-14-10-3)27(31-20-15-11-4)25(29-18-13-9-2)23(32-24)16-21-33(5,6)7;1-6-11-15-25-19-21-23(27-17-13-8-3)24(28-18-14-9-4)22(20(10-5)29-21)26-16-12-7-2;2*1-5-9-13-24-17-18-19(25-14-10-6-2)20(26-15-11-7-3)21(22(23)28-18)27-16-12-8-4;1-3-2;1-2;/h23-27H,8-15,17-20,22H2,1-7H3;5,20-24H,6-9,11-19H2,1-4H3;18-22H,5-17H2,1-4H3;18-23H,5-17H2,1-4H3;;;1H/q;;;;-1;;/t23-,24-,25-,26-,27-;20-,21-,22-,23-,24-;18-,19-,20+,21+,22+;18-,19-,20+,21+,22?;;;/m1111.../s1. The topological polar surface area (TPSA) is 205 Å². The number of unbranched alkanes of at least 4 members (excludes halogenated alkanes) is 16. The number of aliphatic hydroxyl groups excluding tert-OH is 1. The summed E-state index contributed by atoms with van der Waals surface area (Å²) in [6.45, 7) is 53.1. The van der Waals surface area contributed by atoms with Gasteiger partial charge in [-0.2, -0.15) is 0 Å². The Hall–Kier alpha value is 2.81. The molecule has 20 atom stereocenters. The van der Waals surface area contributed by atoms with Gasteiger partial charge in [-0.05, 0) is 103 Å². The summed E-state index contributed by atoms with van der Waals surface area (Å²) in [5, 5.41) is 10.6. The summed E-state index contributed by atoms with van der Waals surface area (Å²) in [5.41, 5.74) is 3.51. The maximum atomic E-state index is 14.9. The zero-order chi connectivity index (χ0) is 91.8. The van der Waals surface area contributed by atoms with Crippen LogP contribution in [0, 0.1) is 23.8 Å². The van der Waals surface area contributed by atoms with Crippen LogP contribution in [0.2, 0.25) is 19.6 Å². The molecule has 1 N–H and O–H groups in total. The van der Waals surface area contributed by atoms with Gasteiger partial charge in [0.1, 0.15) is 118 Å². The van der Waals surface area contributed by atoms with Crippen LogP contribution in [-0.2, 0) is 94.7 Å². The number of halogens is 7. The molecular weight excluding hydrogens is 2290 g/mol. The normalized spacial score (nSPS) is 26.0. The molecule has 0 aromatic heterocycles. The first kappa shape index (κ1) is 131. The Kier molecular flexibility index (Phi) is 98.7. The second-order valence-corrected chi connectivity index (χ2v) is 54.0. The Morgan fingerprint density at radius 2 is 0.492 bits per heavy atom. The molecule has 0 aromatic carbocycles. The molecule has 0 saturated carbocycles. The molecule has 744 valence electrons. The predicted octanol–water partition coefficient (Wildman–Crippen LogP) is 21.1. The van der Waals surface area contributed by atoms with E-state index in [4.69, 9.17) is 101 Å². The molecule has 4 aliphatic heterocycles. The SMILES string of the molecule is C#C[C@H]1O[C@H](COCCCC)[C@@H](OCCCC)[C@H](OCCCC)[C@@H]1OCCCC.CCCCOC[C@H]1OC(O)[C@@H](OCCCC)[C@@H](OCCCC)[C@@H]1OCCCC.CCCCOC[C@H]1O[C@H](C#C[Si](C)(C)C)[C@@H](OCCCC)[C@@H](OCCCC)[C@@H]1OCCCC.CCCCOC[C@H]1O[C@H](F)[C@@H](OCCCC)[C@@H](OCCCC)[C@@H]1OCCCC.I.II.I[I-]I. The quantitative estimate of drug-likeness (QED) is 0.0260. The predicted molar refractivity (Wildman–Crippen MR) is 548 cm³/mol. The van der Waals surface area contributed by atoms with Crippen molar-refractivity contribution in [2.24, 2.45) is 0 Å². The summed E-state index contributed by atoms with van der Waals surface area (Å²) in [6, 6.07) is 0. The number of ether oxygens (including phenoxy) is 20. The van der Waals surface area contributed by atoms with E-state index in [0.717, 1.165) is 219 Å². The zero-order valence-electron chi connectivity index (χ0n) is 81.2. The van der Waals surface area contributed by atoms with Gasteiger partial charge in [0.25, 0.3) is 0 Å². The van der Waals surface area contributed by atoms with Gasteiger partial charge in [0.2, 0.25) is 6.36 Å². The van der Waals surface area contributed by atoms with Gasteiger partial charge in [0, 0.05) is 143 Å². The molecule has 0 spiro atoms. The number of hydrogen-bond acceptors (Lipinski definition) is 21. The summed E-state index contributed by atoms with van der Waals surface area (Å²) in [7, 11) is -1.56. The first-order chi connectivity index (χ1) is 59.9. The van der Waals surface area contributed by atoms with Gasteiger partial charge < -0.3 is 99.8 Å². The fourth-order valence-electron chi connectivity index (χ4n) is 13.1. The van der Waals surface area contributed by atoms with Crippen molar-refractivity contribution in [2.75, 3.05) is 132 Å². The molecule has 0 radical (unpaired) electrons. The van der Waals surface area contributed by atoms with Crippen molar-refractivity contribution in [3.05, 3.63) is 0 Å². The van der Waals surface area contributed by atoms with E-state index >= 15 is 0 Å². The molecule has 29 heteroatoms. The summed E-state index contributed by atoms with van der Waals surface area (Å²) < 4.78 is 137. The van der Waals surface area contributed by atoms with Crippen molar-refractivity contribution < 1.29 is 117 Å². The third kappa shape index (κ3) is 62.6. The second kappa shape index (κ2) is 93.5. The van der Waals surface area contributed by atoms with Crippen LogP contribution in [0.4, 0.5) is 4.39 Å². The molecule has 4 rings (SSSR count). The van der Waals surface area contributed by atoms with Crippen molar-refractivity contribution in [3.8, 4) is 23.8 Å². The molecule has 0 aromatic rings.